The lowest BCUT2D eigenvalue weighted by molar-refractivity contribution is -0.128. The molecule has 1 saturated heterocycles. The average molecular weight is 400 g/mol. The fourth-order valence-corrected chi connectivity index (χ4v) is 5.12. The van der Waals surface area contributed by atoms with Gasteiger partial charge in [-0.3, -0.25) is 4.79 Å². The van der Waals surface area contributed by atoms with E-state index in [9.17, 15) is 9.59 Å². The van der Waals surface area contributed by atoms with E-state index >= 15 is 0 Å². The van der Waals surface area contributed by atoms with Crippen LogP contribution < -0.4 is 5.32 Å². The first-order chi connectivity index (χ1) is 12.5. The Labute approximate surface area is 163 Å². The Hall–Kier alpha value is -1.12. The minimum atomic E-state index is -0.998. The van der Waals surface area contributed by atoms with Gasteiger partial charge in [-0.25, -0.2) is 9.78 Å². The van der Waals surface area contributed by atoms with Crippen LogP contribution in [0.25, 0.3) is 0 Å². The molecule has 26 heavy (non-hydrogen) atoms. The lowest BCUT2D eigenvalue weighted by Crippen LogP contribution is -2.44. The molecular formula is C18H29N3O3S2. The summed E-state index contributed by atoms with van der Waals surface area (Å²) >= 11 is 2.86. The molecule has 0 aliphatic carbocycles. The number of nitrogens with one attached hydrogen (secondary N) is 1. The highest BCUT2D eigenvalue weighted by molar-refractivity contribution is 8.01. The van der Waals surface area contributed by atoms with E-state index in [0.29, 0.717) is 19.0 Å². The largest absolute Gasteiger partial charge is 0.476 e. The maximum atomic E-state index is 12.2. The molecule has 2 rings (SSSR count). The molecule has 0 aromatic carbocycles. The van der Waals surface area contributed by atoms with Crippen LogP contribution in [0.3, 0.4) is 0 Å². The molecule has 1 aliphatic heterocycles. The summed E-state index contributed by atoms with van der Waals surface area (Å²) < 4.78 is 0.745. The summed E-state index contributed by atoms with van der Waals surface area (Å²) in [7, 11) is 0. The summed E-state index contributed by atoms with van der Waals surface area (Å²) in [5, 5.41) is 14.1. The van der Waals surface area contributed by atoms with Crippen LogP contribution in [0.4, 0.5) is 0 Å². The zero-order valence-electron chi connectivity index (χ0n) is 15.6. The molecular weight excluding hydrogens is 370 g/mol. The van der Waals surface area contributed by atoms with Crippen LogP contribution in [0.2, 0.25) is 0 Å². The van der Waals surface area contributed by atoms with Crippen molar-refractivity contribution >= 4 is 35.0 Å². The van der Waals surface area contributed by atoms with Crippen molar-refractivity contribution < 1.29 is 14.7 Å². The van der Waals surface area contributed by atoms with Crippen molar-refractivity contribution in [3.8, 4) is 0 Å². The van der Waals surface area contributed by atoms with Crippen LogP contribution in [0.5, 0.6) is 0 Å². The second-order valence-electron chi connectivity index (χ2n) is 6.61. The Balaban J connectivity index is 1.79. The third-order valence-corrected chi connectivity index (χ3v) is 6.63. The van der Waals surface area contributed by atoms with Gasteiger partial charge in [0, 0.05) is 42.7 Å². The summed E-state index contributed by atoms with van der Waals surface area (Å²) in [6.07, 6.45) is 6.26. The minimum absolute atomic E-state index is 0.0923. The van der Waals surface area contributed by atoms with E-state index in [1.54, 1.807) is 5.38 Å². The van der Waals surface area contributed by atoms with Gasteiger partial charge in [0.2, 0.25) is 5.91 Å². The highest BCUT2D eigenvalue weighted by atomic mass is 32.2. The topological polar surface area (TPSA) is 82.5 Å². The Kier molecular flexibility index (Phi) is 8.87. The Morgan fingerprint density at radius 2 is 2.19 bits per heavy atom. The predicted molar refractivity (Wildman–Crippen MR) is 106 cm³/mol. The third-order valence-electron chi connectivity index (χ3n) is 4.63. The minimum Gasteiger partial charge on any atom is -0.476 e. The van der Waals surface area contributed by atoms with Gasteiger partial charge in [0.15, 0.2) is 10.0 Å². The van der Waals surface area contributed by atoms with E-state index in [1.165, 1.54) is 48.8 Å². The van der Waals surface area contributed by atoms with E-state index < -0.39 is 5.97 Å². The van der Waals surface area contributed by atoms with Gasteiger partial charge in [0.1, 0.15) is 0 Å². The molecule has 0 spiro atoms. The zero-order chi connectivity index (χ0) is 18.9. The highest BCUT2D eigenvalue weighted by Gasteiger charge is 2.30. The second-order valence-corrected chi connectivity index (χ2v) is 8.81. The van der Waals surface area contributed by atoms with Crippen LogP contribution >= 0.6 is 23.1 Å². The molecule has 1 aromatic heterocycles. The van der Waals surface area contributed by atoms with Gasteiger partial charge in [0.25, 0.3) is 0 Å². The van der Waals surface area contributed by atoms with Gasteiger partial charge in [0.05, 0.1) is 0 Å². The Morgan fingerprint density at radius 3 is 2.81 bits per heavy atom. The van der Waals surface area contributed by atoms with Crippen molar-refractivity contribution in [2.75, 3.05) is 18.8 Å². The van der Waals surface area contributed by atoms with Crippen LogP contribution in [0.1, 0.15) is 62.9 Å². The maximum absolute atomic E-state index is 12.2. The van der Waals surface area contributed by atoms with Gasteiger partial charge in [-0.05, 0) is 19.3 Å². The first kappa shape index (κ1) is 21.2. The van der Waals surface area contributed by atoms with Crippen molar-refractivity contribution in [1.82, 2.24) is 15.2 Å². The predicted octanol–water partition coefficient (Wildman–Crippen LogP) is 3.48. The second kappa shape index (κ2) is 10.9. The van der Waals surface area contributed by atoms with Crippen molar-refractivity contribution in [2.24, 2.45) is 0 Å². The highest BCUT2D eigenvalue weighted by Crippen LogP contribution is 2.25. The van der Waals surface area contributed by atoms with Crippen molar-refractivity contribution in [1.29, 1.82) is 0 Å². The molecule has 1 amide bonds. The molecule has 0 saturated carbocycles. The molecule has 1 fully saturated rings. The summed E-state index contributed by atoms with van der Waals surface area (Å²) in [6, 6.07) is 0.812. The van der Waals surface area contributed by atoms with Crippen molar-refractivity contribution in [3.05, 3.63) is 11.1 Å². The number of carboxylic acids is 1. The van der Waals surface area contributed by atoms with Gasteiger partial charge in [-0.2, -0.15) is 0 Å². The number of hydrogen-bond acceptors (Lipinski definition) is 6. The molecule has 2 N–H and O–H groups in total. The number of carbonyl (C=O) groups is 2. The molecule has 1 unspecified atom stereocenters. The van der Waals surface area contributed by atoms with Gasteiger partial charge >= 0.3 is 5.97 Å². The molecule has 1 atom stereocenters. The van der Waals surface area contributed by atoms with E-state index in [0.717, 1.165) is 23.1 Å². The fourth-order valence-electron chi connectivity index (χ4n) is 3.31. The van der Waals surface area contributed by atoms with Gasteiger partial charge in [-0.15, -0.1) is 11.3 Å². The smallest absolute Gasteiger partial charge is 0.355 e. The van der Waals surface area contributed by atoms with E-state index in [2.05, 4.69) is 24.1 Å². The van der Waals surface area contributed by atoms with Gasteiger partial charge < -0.3 is 15.3 Å². The SMILES string of the molecule is CCCC(CCC)NCC1CCC(=O)N1CCSc1nc(C(=O)O)cs1. The molecule has 0 radical (unpaired) electrons. The number of thiazole rings is 1. The number of carbonyl (C=O) groups excluding carboxylic acids is 1. The summed E-state index contributed by atoms with van der Waals surface area (Å²) in [5.41, 5.74) is 0.0923. The molecule has 1 aliphatic rings. The summed E-state index contributed by atoms with van der Waals surface area (Å²) in [5.74, 6) is -0.0321. The number of aromatic carboxylic acids is 1. The number of aromatic nitrogens is 1. The number of hydrogen-bond donors (Lipinski definition) is 2. The number of thioether (sulfide) groups is 1. The van der Waals surface area contributed by atoms with E-state index in [4.69, 9.17) is 5.11 Å². The van der Waals surface area contributed by atoms with Crippen LogP contribution in [-0.2, 0) is 4.79 Å². The quantitative estimate of drug-likeness (QED) is 0.524. The Bertz CT molecular complexity index is 588. The van der Waals surface area contributed by atoms with E-state index in [-0.39, 0.29) is 17.6 Å². The normalized spacial score (nSPS) is 17.4. The zero-order valence-corrected chi connectivity index (χ0v) is 17.2. The number of rotatable bonds is 12. The molecule has 8 heteroatoms. The van der Waals surface area contributed by atoms with Crippen LogP contribution in [-0.4, -0.2) is 57.8 Å². The molecule has 146 valence electrons. The molecule has 0 bridgehead atoms. The standard InChI is InChI=1S/C18H29N3O3S2/c1-3-5-13(6-4-2)19-11-14-7-8-16(22)21(14)9-10-25-18-20-15(12-26-18)17(23)24/h12-14,19H,3-11H2,1-2H3,(H,23,24). The Morgan fingerprint density at radius 1 is 1.46 bits per heavy atom. The molecule has 1 aromatic rings. The average Bonchev–Trinajstić information content (AvgIpc) is 3.21. The van der Waals surface area contributed by atoms with Crippen LogP contribution in [0.15, 0.2) is 9.72 Å². The third kappa shape index (κ3) is 6.25. The molecule has 6 nitrogen and oxygen atoms in total. The van der Waals surface area contributed by atoms with Gasteiger partial charge in [-0.1, -0.05) is 38.5 Å². The monoisotopic (exact) mass is 399 g/mol. The number of carboxylic acid groups (broad SMARTS) is 1. The lowest BCUT2D eigenvalue weighted by Gasteiger charge is -2.27. The van der Waals surface area contributed by atoms with E-state index in [1.807, 2.05) is 4.90 Å². The maximum Gasteiger partial charge on any atom is 0.355 e. The summed E-state index contributed by atoms with van der Waals surface area (Å²) in [4.78, 5) is 29.2. The first-order valence-electron chi connectivity index (χ1n) is 9.39. The van der Waals surface area contributed by atoms with Crippen molar-refractivity contribution in [2.45, 2.75) is 68.8 Å². The fraction of sp³-hybridized carbons (Fsp3) is 0.722. The number of amides is 1. The lowest BCUT2D eigenvalue weighted by atomic mass is 10.1. The van der Waals surface area contributed by atoms with Crippen LogP contribution in [0, 0.1) is 0 Å². The summed E-state index contributed by atoms with van der Waals surface area (Å²) in [6.45, 7) is 5.97. The molecule has 2 heterocycles. The number of nitrogens with zero attached hydrogens (tertiary/aromatic N) is 2. The number of likely N-dealkylation sites (tertiary alicyclic amines) is 1. The first-order valence-corrected chi connectivity index (χ1v) is 11.3. The van der Waals surface area contributed by atoms with Crippen molar-refractivity contribution in [3.63, 3.8) is 0 Å².